The fourth-order valence-corrected chi connectivity index (χ4v) is 1.51. The van der Waals surface area contributed by atoms with Crippen molar-refractivity contribution in [2.75, 3.05) is 0 Å². The van der Waals surface area contributed by atoms with E-state index in [1.54, 1.807) is 18.3 Å². The zero-order valence-corrected chi connectivity index (χ0v) is 8.63. The van der Waals surface area contributed by atoms with Crippen molar-refractivity contribution in [3.63, 3.8) is 0 Å². The molecule has 0 bridgehead atoms. The molecule has 1 heterocycles. The smallest absolute Gasteiger partial charge is 0.309 e. The molecule has 0 aromatic carbocycles. The van der Waals surface area contributed by atoms with Crippen LogP contribution in [0.4, 0.5) is 0 Å². The molecule has 0 fully saturated rings. The van der Waals surface area contributed by atoms with Crippen LogP contribution in [0.25, 0.3) is 0 Å². The highest BCUT2D eigenvalue weighted by molar-refractivity contribution is 5.71. The van der Waals surface area contributed by atoms with Gasteiger partial charge in [0, 0.05) is 12.4 Å². The number of carboxylic acids is 1. The summed E-state index contributed by atoms with van der Waals surface area (Å²) >= 11 is 0. The molecule has 0 amide bonds. The van der Waals surface area contributed by atoms with Crippen LogP contribution in [0.5, 0.6) is 0 Å². The van der Waals surface area contributed by atoms with Crippen LogP contribution in [0.1, 0.15) is 31.4 Å². The second-order valence-corrected chi connectivity index (χ2v) is 3.46. The molecule has 0 spiro atoms. The van der Waals surface area contributed by atoms with Crippen LogP contribution in [0.15, 0.2) is 24.5 Å². The zero-order chi connectivity index (χ0) is 11.3. The molecule has 0 saturated heterocycles. The fourth-order valence-electron chi connectivity index (χ4n) is 1.51. The van der Waals surface area contributed by atoms with Gasteiger partial charge < -0.3 is 10.2 Å². The topological polar surface area (TPSA) is 70.4 Å². The second kappa shape index (κ2) is 5.46. The van der Waals surface area contributed by atoms with E-state index in [9.17, 15) is 9.90 Å². The van der Waals surface area contributed by atoms with E-state index in [1.165, 1.54) is 6.20 Å². The first-order valence-corrected chi connectivity index (χ1v) is 4.97. The molecule has 4 nitrogen and oxygen atoms in total. The van der Waals surface area contributed by atoms with Crippen LogP contribution in [0.3, 0.4) is 0 Å². The van der Waals surface area contributed by atoms with Crippen LogP contribution >= 0.6 is 0 Å². The number of pyridine rings is 1. The van der Waals surface area contributed by atoms with Crippen LogP contribution in [0, 0.1) is 5.92 Å². The van der Waals surface area contributed by atoms with Crippen molar-refractivity contribution in [2.45, 2.75) is 25.9 Å². The summed E-state index contributed by atoms with van der Waals surface area (Å²) in [6.07, 6.45) is 3.30. The number of nitrogens with zero attached hydrogens (tertiary/aromatic N) is 1. The van der Waals surface area contributed by atoms with E-state index in [2.05, 4.69) is 4.98 Å². The maximum Gasteiger partial charge on any atom is 0.309 e. The molecule has 2 N–H and O–H groups in total. The number of carbonyl (C=O) groups is 1. The maximum absolute atomic E-state index is 10.9. The first-order valence-electron chi connectivity index (χ1n) is 4.97. The van der Waals surface area contributed by atoms with E-state index in [0.717, 1.165) is 6.42 Å². The minimum Gasteiger partial charge on any atom is -0.481 e. The number of aliphatic carboxylic acids is 1. The predicted octanol–water partition coefficient (Wildman–Crippen LogP) is 1.62. The Bertz CT molecular complexity index is 313. The summed E-state index contributed by atoms with van der Waals surface area (Å²) in [6, 6.07) is 3.37. The molecule has 0 aliphatic heterocycles. The minimum absolute atomic E-state index is 0.464. The summed E-state index contributed by atoms with van der Waals surface area (Å²) in [5.74, 6) is -1.72. The van der Waals surface area contributed by atoms with E-state index < -0.39 is 18.0 Å². The quantitative estimate of drug-likeness (QED) is 0.773. The highest BCUT2D eigenvalue weighted by Gasteiger charge is 2.26. The van der Waals surface area contributed by atoms with Gasteiger partial charge in [0.1, 0.15) is 0 Å². The van der Waals surface area contributed by atoms with Gasteiger partial charge in [-0.15, -0.1) is 0 Å². The largest absolute Gasteiger partial charge is 0.481 e. The fraction of sp³-hybridized carbons (Fsp3) is 0.455. The monoisotopic (exact) mass is 209 g/mol. The molecule has 15 heavy (non-hydrogen) atoms. The van der Waals surface area contributed by atoms with Gasteiger partial charge in [-0.2, -0.15) is 0 Å². The maximum atomic E-state index is 10.9. The van der Waals surface area contributed by atoms with Crippen molar-refractivity contribution < 1.29 is 15.0 Å². The van der Waals surface area contributed by atoms with Crippen molar-refractivity contribution >= 4 is 5.97 Å². The first kappa shape index (κ1) is 11.7. The summed E-state index contributed by atoms with van der Waals surface area (Å²) in [4.78, 5) is 14.8. The van der Waals surface area contributed by atoms with Crippen molar-refractivity contribution in [3.8, 4) is 0 Å². The number of aromatic nitrogens is 1. The van der Waals surface area contributed by atoms with Gasteiger partial charge >= 0.3 is 5.97 Å². The molecule has 82 valence electrons. The Hall–Kier alpha value is -1.42. The van der Waals surface area contributed by atoms with Crippen LogP contribution < -0.4 is 0 Å². The molecule has 4 heteroatoms. The molecule has 1 aromatic heterocycles. The summed E-state index contributed by atoms with van der Waals surface area (Å²) in [6.45, 7) is 1.89. The van der Waals surface area contributed by atoms with Gasteiger partial charge in [-0.05, 0) is 18.1 Å². The van der Waals surface area contributed by atoms with Gasteiger partial charge in [-0.3, -0.25) is 9.78 Å². The summed E-state index contributed by atoms with van der Waals surface area (Å²) < 4.78 is 0. The third-order valence-electron chi connectivity index (χ3n) is 2.32. The Kier molecular flexibility index (Phi) is 4.24. The van der Waals surface area contributed by atoms with E-state index in [0.29, 0.717) is 12.0 Å². The summed E-state index contributed by atoms with van der Waals surface area (Å²) in [7, 11) is 0. The average molecular weight is 209 g/mol. The Labute approximate surface area is 88.6 Å². The molecule has 2 unspecified atom stereocenters. The highest BCUT2D eigenvalue weighted by Crippen LogP contribution is 2.25. The lowest BCUT2D eigenvalue weighted by atomic mass is 9.93. The van der Waals surface area contributed by atoms with E-state index in [4.69, 9.17) is 5.11 Å². The van der Waals surface area contributed by atoms with E-state index in [1.807, 2.05) is 6.92 Å². The third kappa shape index (κ3) is 3.02. The zero-order valence-electron chi connectivity index (χ0n) is 8.63. The first-order chi connectivity index (χ1) is 7.16. The second-order valence-electron chi connectivity index (χ2n) is 3.46. The Morgan fingerprint density at radius 1 is 1.60 bits per heavy atom. The highest BCUT2D eigenvalue weighted by atomic mass is 16.4. The lowest BCUT2D eigenvalue weighted by molar-refractivity contribution is -0.146. The number of aliphatic hydroxyl groups excluding tert-OH is 1. The summed E-state index contributed by atoms with van der Waals surface area (Å²) in [5, 5.41) is 18.8. The Morgan fingerprint density at radius 3 is 2.80 bits per heavy atom. The molecule has 1 rings (SSSR count). The number of aliphatic hydroxyl groups is 1. The van der Waals surface area contributed by atoms with Crippen LogP contribution in [0.2, 0.25) is 0 Å². The van der Waals surface area contributed by atoms with Crippen molar-refractivity contribution in [2.24, 2.45) is 5.92 Å². The van der Waals surface area contributed by atoms with Crippen molar-refractivity contribution in [3.05, 3.63) is 30.1 Å². The average Bonchev–Trinajstić information content (AvgIpc) is 2.26. The standard InChI is InChI=1S/C11H15NO3/c1-2-4-9(11(14)15)10(13)8-5-3-6-12-7-8/h3,5-7,9-10,13H,2,4H2,1H3,(H,14,15). The summed E-state index contributed by atoms with van der Waals surface area (Å²) in [5.41, 5.74) is 0.554. The Morgan fingerprint density at radius 2 is 2.33 bits per heavy atom. The van der Waals surface area contributed by atoms with Gasteiger partial charge in [-0.25, -0.2) is 0 Å². The van der Waals surface area contributed by atoms with E-state index in [-0.39, 0.29) is 0 Å². The van der Waals surface area contributed by atoms with Gasteiger partial charge in [-0.1, -0.05) is 19.4 Å². The normalized spacial score (nSPS) is 14.5. The molecule has 0 radical (unpaired) electrons. The lowest BCUT2D eigenvalue weighted by Gasteiger charge is -2.18. The van der Waals surface area contributed by atoms with Gasteiger partial charge in [0.05, 0.1) is 12.0 Å². The van der Waals surface area contributed by atoms with E-state index >= 15 is 0 Å². The molecular formula is C11H15NO3. The predicted molar refractivity (Wildman–Crippen MR) is 55.2 cm³/mol. The number of carboxylic acid groups (broad SMARTS) is 1. The van der Waals surface area contributed by atoms with Crippen molar-refractivity contribution in [1.29, 1.82) is 0 Å². The molecule has 0 aliphatic rings. The van der Waals surface area contributed by atoms with Crippen LogP contribution in [-0.2, 0) is 4.79 Å². The molecular weight excluding hydrogens is 194 g/mol. The number of hydrogen-bond acceptors (Lipinski definition) is 3. The molecule has 1 aromatic rings. The minimum atomic E-state index is -0.976. The Balaban J connectivity index is 2.81. The van der Waals surface area contributed by atoms with Gasteiger partial charge in [0.2, 0.25) is 0 Å². The lowest BCUT2D eigenvalue weighted by Crippen LogP contribution is -2.21. The van der Waals surface area contributed by atoms with Gasteiger partial charge in [0.15, 0.2) is 0 Å². The number of rotatable bonds is 5. The van der Waals surface area contributed by atoms with Crippen LogP contribution in [-0.4, -0.2) is 21.2 Å². The number of hydrogen-bond donors (Lipinski definition) is 2. The SMILES string of the molecule is CCCC(C(=O)O)C(O)c1cccnc1. The molecule has 0 aliphatic carbocycles. The third-order valence-corrected chi connectivity index (χ3v) is 2.32. The molecule has 0 saturated carbocycles. The molecule has 2 atom stereocenters. The van der Waals surface area contributed by atoms with Gasteiger partial charge in [0.25, 0.3) is 0 Å². The van der Waals surface area contributed by atoms with Crippen molar-refractivity contribution in [1.82, 2.24) is 4.98 Å².